The Morgan fingerprint density at radius 1 is 1.20 bits per heavy atom. The molecule has 2 aromatic rings. The molecular weight excluding hydrogens is 359 g/mol. The first-order valence-electron chi connectivity index (χ1n) is 8.61. The first-order chi connectivity index (χ1) is 12.1. The Kier molecular flexibility index (Phi) is 4.80. The van der Waals surface area contributed by atoms with Crippen molar-refractivity contribution in [1.82, 2.24) is 9.80 Å². The second kappa shape index (κ2) is 7.06. The lowest BCUT2D eigenvalue weighted by Gasteiger charge is -2.34. The number of carbonyl (C=O) groups excluding carboxylic acids is 1. The van der Waals surface area contributed by atoms with Crippen molar-refractivity contribution in [2.24, 2.45) is 5.92 Å². The van der Waals surface area contributed by atoms with E-state index in [4.69, 9.17) is 11.6 Å². The lowest BCUT2D eigenvalue weighted by atomic mass is 10.1. The van der Waals surface area contributed by atoms with E-state index in [1.807, 2.05) is 17.0 Å². The SMILES string of the molecule is O=C(C1CC1c1cccc(F)c1)N1CCN(Cc2ccc(Cl)s2)CC1. The van der Waals surface area contributed by atoms with Gasteiger partial charge in [-0.25, -0.2) is 4.39 Å². The monoisotopic (exact) mass is 378 g/mol. The van der Waals surface area contributed by atoms with Crippen LogP contribution in [0.25, 0.3) is 0 Å². The third kappa shape index (κ3) is 3.89. The highest BCUT2D eigenvalue weighted by Crippen LogP contribution is 2.48. The molecule has 1 aliphatic heterocycles. The molecule has 1 amide bonds. The van der Waals surface area contributed by atoms with Crippen LogP contribution in [0.15, 0.2) is 36.4 Å². The maximum atomic E-state index is 13.4. The Morgan fingerprint density at radius 3 is 2.68 bits per heavy atom. The molecular formula is C19H20ClFN2OS. The van der Waals surface area contributed by atoms with E-state index in [0.29, 0.717) is 0 Å². The summed E-state index contributed by atoms with van der Waals surface area (Å²) in [5, 5.41) is 0. The molecule has 2 aliphatic rings. The van der Waals surface area contributed by atoms with Gasteiger partial charge >= 0.3 is 0 Å². The molecule has 2 fully saturated rings. The highest BCUT2D eigenvalue weighted by Gasteiger charge is 2.46. The van der Waals surface area contributed by atoms with Crippen LogP contribution in [-0.2, 0) is 11.3 Å². The molecule has 25 heavy (non-hydrogen) atoms. The molecule has 0 radical (unpaired) electrons. The molecule has 2 heterocycles. The maximum absolute atomic E-state index is 13.4. The molecule has 0 N–H and O–H groups in total. The van der Waals surface area contributed by atoms with Crippen LogP contribution in [0.1, 0.15) is 22.8 Å². The van der Waals surface area contributed by atoms with Crippen molar-refractivity contribution in [3.63, 3.8) is 0 Å². The van der Waals surface area contributed by atoms with Gasteiger partial charge in [0.1, 0.15) is 5.82 Å². The van der Waals surface area contributed by atoms with E-state index in [0.717, 1.165) is 49.0 Å². The molecule has 132 valence electrons. The molecule has 1 aliphatic carbocycles. The number of piperazine rings is 1. The van der Waals surface area contributed by atoms with Crippen molar-refractivity contribution < 1.29 is 9.18 Å². The van der Waals surface area contributed by atoms with Crippen LogP contribution in [0.3, 0.4) is 0 Å². The van der Waals surface area contributed by atoms with Gasteiger partial charge in [-0.3, -0.25) is 9.69 Å². The van der Waals surface area contributed by atoms with Crippen molar-refractivity contribution in [2.45, 2.75) is 18.9 Å². The van der Waals surface area contributed by atoms with Crippen molar-refractivity contribution in [2.75, 3.05) is 26.2 Å². The normalized spacial score (nSPS) is 23.7. The molecule has 1 aromatic heterocycles. The number of rotatable bonds is 4. The van der Waals surface area contributed by atoms with E-state index in [9.17, 15) is 9.18 Å². The summed E-state index contributed by atoms with van der Waals surface area (Å²) < 4.78 is 14.2. The van der Waals surface area contributed by atoms with Crippen LogP contribution < -0.4 is 0 Å². The topological polar surface area (TPSA) is 23.6 Å². The Balaban J connectivity index is 1.29. The molecule has 1 saturated carbocycles. The summed E-state index contributed by atoms with van der Waals surface area (Å²) in [4.78, 5) is 18.3. The second-order valence-electron chi connectivity index (χ2n) is 6.81. The Bertz CT molecular complexity index is 772. The van der Waals surface area contributed by atoms with Crippen molar-refractivity contribution in [3.8, 4) is 0 Å². The predicted octanol–water partition coefficient (Wildman–Crippen LogP) is 3.99. The van der Waals surface area contributed by atoms with Crippen LogP contribution in [-0.4, -0.2) is 41.9 Å². The van der Waals surface area contributed by atoms with E-state index in [2.05, 4.69) is 11.0 Å². The summed E-state index contributed by atoms with van der Waals surface area (Å²) in [7, 11) is 0. The molecule has 3 nitrogen and oxygen atoms in total. The van der Waals surface area contributed by atoms with Gasteiger partial charge in [0.25, 0.3) is 0 Å². The molecule has 0 bridgehead atoms. The van der Waals surface area contributed by atoms with Gasteiger partial charge in [-0.05, 0) is 42.2 Å². The fourth-order valence-corrected chi connectivity index (χ4v) is 4.72. The number of amides is 1. The quantitative estimate of drug-likeness (QED) is 0.803. The van der Waals surface area contributed by atoms with Crippen LogP contribution in [0.4, 0.5) is 4.39 Å². The fraction of sp³-hybridized carbons (Fsp3) is 0.421. The van der Waals surface area contributed by atoms with E-state index in [-0.39, 0.29) is 23.6 Å². The molecule has 0 spiro atoms. The second-order valence-corrected chi connectivity index (χ2v) is 8.61. The Morgan fingerprint density at radius 2 is 2.00 bits per heavy atom. The van der Waals surface area contributed by atoms with E-state index < -0.39 is 0 Å². The largest absolute Gasteiger partial charge is 0.340 e. The fourth-order valence-electron chi connectivity index (χ4n) is 3.59. The first kappa shape index (κ1) is 17.0. The molecule has 2 atom stereocenters. The van der Waals surface area contributed by atoms with Crippen LogP contribution in [0, 0.1) is 11.7 Å². The van der Waals surface area contributed by atoms with Gasteiger partial charge in [0, 0.05) is 43.5 Å². The van der Waals surface area contributed by atoms with Crippen LogP contribution >= 0.6 is 22.9 Å². The minimum Gasteiger partial charge on any atom is -0.340 e. The Hall–Kier alpha value is -1.43. The summed E-state index contributed by atoms with van der Waals surface area (Å²) in [6, 6.07) is 10.6. The number of nitrogens with zero attached hydrogens (tertiary/aromatic N) is 2. The van der Waals surface area contributed by atoms with Crippen molar-refractivity contribution in [1.29, 1.82) is 0 Å². The summed E-state index contributed by atoms with van der Waals surface area (Å²) in [5.74, 6) is 0.227. The van der Waals surface area contributed by atoms with E-state index in [1.165, 1.54) is 10.9 Å². The zero-order chi connectivity index (χ0) is 17.4. The average molecular weight is 379 g/mol. The first-order valence-corrected chi connectivity index (χ1v) is 9.80. The standard InChI is InChI=1S/C19H20ClFN2OS/c20-18-5-4-15(25-18)12-22-6-8-23(9-7-22)19(24)17-11-16(17)13-2-1-3-14(21)10-13/h1-5,10,16-17H,6-9,11-12H2. The molecule has 4 rings (SSSR count). The van der Waals surface area contributed by atoms with Gasteiger partial charge in [0.2, 0.25) is 5.91 Å². The minimum atomic E-state index is -0.224. The summed E-state index contributed by atoms with van der Waals surface area (Å²) in [6.07, 6.45) is 0.843. The van der Waals surface area contributed by atoms with E-state index >= 15 is 0 Å². The third-order valence-electron chi connectivity index (χ3n) is 5.08. The smallest absolute Gasteiger partial charge is 0.226 e. The van der Waals surface area contributed by atoms with Gasteiger partial charge < -0.3 is 4.90 Å². The lowest BCUT2D eigenvalue weighted by molar-refractivity contribution is -0.134. The van der Waals surface area contributed by atoms with Gasteiger partial charge in [-0.15, -0.1) is 11.3 Å². The van der Waals surface area contributed by atoms with Crippen LogP contribution in [0.2, 0.25) is 4.34 Å². The van der Waals surface area contributed by atoms with Crippen molar-refractivity contribution >= 4 is 28.8 Å². The third-order valence-corrected chi connectivity index (χ3v) is 6.29. The number of benzene rings is 1. The molecule has 2 unspecified atom stereocenters. The predicted molar refractivity (Wildman–Crippen MR) is 98.4 cm³/mol. The number of halogens is 2. The summed E-state index contributed by atoms with van der Waals surface area (Å²) in [6.45, 7) is 4.21. The van der Waals surface area contributed by atoms with E-state index in [1.54, 1.807) is 23.5 Å². The highest BCUT2D eigenvalue weighted by molar-refractivity contribution is 7.16. The zero-order valence-electron chi connectivity index (χ0n) is 13.8. The maximum Gasteiger partial charge on any atom is 0.226 e. The molecule has 6 heteroatoms. The zero-order valence-corrected chi connectivity index (χ0v) is 15.4. The van der Waals surface area contributed by atoms with Crippen molar-refractivity contribution in [3.05, 3.63) is 57.0 Å². The number of thiophene rings is 1. The van der Waals surface area contributed by atoms with Gasteiger partial charge in [0.15, 0.2) is 0 Å². The summed E-state index contributed by atoms with van der Waals surface area (Å²) >= 11 is 7.60. The number of hydrogen-bond acceptors (Lipinski definition) is 3. The number of hydrogen-bond donors (Lipinski definition) is 0. The molecule has 1 aromatic carbocycles. The highest BCUT2D eigenvalue weighted by atomic mass is 35.5. The van der Waals surface area contributed by atoms with Gasteiger partial charge in [-0.1, -0.05) is 23.7 Å². The Labute approximate surface area is 156 Å². The van der Waals surface area contributed by atoms with Gasteiger partial charge in [-0.2, -0.15) is 0 Å². The van der Waals surface area contributed by atoms with Crippen LogP contribution in [0.5, 0.6) is 0 Å². The number of carbonyl (C=O) groups is 1. The molecule has 1 saturated heterocycles. The minimum absolute atomic E-state index is 0.0319. The van der Waals surface area contributed by atoms with Gasteiger partial charge in [0.05, 0.1) is 4.34 Å². The lowest BCUT2D eigenvalue weighted by Crippen LogP contribution is -2.48. The summed E-state index contributed by atoms with van der Waals surface area (Å²) in [5.41, 5.74) is 0.951. The average Bonchev–Trinajstić information content (AvgIpc) is 3.31.